The van der Waals surface area contributed by atoms with Gasteiger partial charge in [-0.2, -0.15) is 5.21 Å². The second-order valence-electron chi connectivity index (χ2n) is 4.64. The zero-order valence-electron chi connectivity index (χ0n) is 13.4. The van der Waals surface area contributed by atoms with Crippen LogP contribution in [-0.2, 0) is 0 Å². The van der Waals surface area contributed by atoms with Gasteiger partial charge in [0.15, 0.2) is 0 Å². The van der Waals surface area contributed by atoms with E-state index < -0.39 is 0 Å². The SMILES string of the molecule is CCNC(=O)c1cc(N(CC)CC)ccc1N=Nc1nn[nH]n1. The summed E-state index contributed by atoms with van der Waals surface area (Å²) < 4.78 is 0. The van der Waals surface area contributed by atoms with Crippen molar-refractivity contribution >= 4 is 23.2 Å². The highest BCUT2D eigenvalue weighted by Crippen LogP contribution is 2.26. The van der Waals surface area contributed by atoms with E-state index in [1.54, 1.807) is 6.07 Å². The first-order valence-corrected chi connectivity index (χ1v) is 7.51. The first-order valence-electron chi connectivity index (χ1n) is 7.51. The minimum Gasteiger partial charge on any atom is -0.372 e. The van der Waals surface area contributed by atoms with Crippen molar-refractivity contribution in [1.29, 1.82) is 0 Å². The molecule has 122 valence electrons. The third kappa shape index (κ3) is 4.09. The first-order chi connectivity index (χ1) is 11.2. The van der Waals surface area contributed by atoms with E-state index in [9.17, 15) is 4.79 Å². The topological polar surface area (TPSA) is 112 Å². The maximum Gasteiger partial charge on any atom is 0.307 e. The zero-order chi connectivity index (χ0) is 16.7. The highest BCUT2D eigenvalue weighted by atomic mass is 16.1. The fraction of sp³-hybridized carbons (Fsp3) is 0.429. The number of aromatic amines is 1. The van der Waals surface area contributed by atoms with Crippen LogP contribution in [0, 0.1) is 0 Å². The molecule has 2 rings (SSSR count). The van der Waals surface area contributed by atoms with Crippen LogP contribution in [0.4, 0.5) is 17.3 Å². The van der Waals surface area contributed by atoms with Gasteiger partial charge in [-0.3, -0.25) is 4.79 Å². The Kier molecular flexibility index (Phi) is 5.73. The molecule has 0 saturated heterocycles. The minimum absolute atomic E-state index is 0.111. The lowest BCUT2D eigenvalue weighted by Gasteiger charge is -2.21. The van der Waals surface area contributed by atoms with Gasteiger partial charge in [0.25, 0.3) is 5.91 Å². The summed E-state index contributed by atoms with van der Waals surface area (Å²) in [6.45, 7) is 8.25. The number of amides is 1. The number of rotatable bonds is 7. The second-order valence-corrected chi connectivity index (χ2v) is 4.64. The summed E-state index contributed by atoms with van der Waals surface area (Å²) >= 11 is 0. The van der Waals surface area contributed by atoms with E-state index in [4.69, 9.17) is 0 Å². The van der Waals surface area contributed by atoms with Crippen molar-refractivity contribution < 1.29 is 4.79 Å². The summed E-state index contributed by atoms with van der Waals surface area (Å²) in [6.07, 6.45) is 0. The number of H-pyrrole nitrogens is 1. The molecule has 0 atom stereocenters. The number of aromatic nitrogens is 4. The van der Waals surface area contributed by atoms with Crippen molar-refractivity contribution in [2.75, 3.05) is 24.5 Å². The molecule has 0 saturated carbocycles. The van der Waals surface area contributed by atoms with Gasteiger partial charge in [-0.25, -0.2) is 0 Å². The normalized spacial score (nSPS) is 10.9. The van der Waals surface area contributed by atoms with Gasteiger partial charge in [0.05, 0.1) is 11.3 Å². The Balaban J connectivity index is 2.38. The van der Waals surface area contributed by atoms with Crippen molar-refractivity contribution in [3.63, 3.8) is 0 Å². The molecule has 2 aromatic rings. The van der Waals surface area contributed by atoms with Crippen molar-refractivity contribution in [2.24, 2.45) is 10.2 Å². The fourth-order valence-corrected chi connectivity index (χ4v) is 2.13. The Morgan fingerprint density at radius 1 is 1.26 bits per heavy atom. The Hall–Kier alpha value is -2.84. The van der Waals surface area contributed by atoms with Crippen molar-refractivity contribution in [2.45, 2.75) is 20.8 Å². The predicted octanol–water partition coefficient (Wildman–Crippen LogP) is 2.21. The molecule has 1 heterocycles. The van der Waals surface area contributed by atoms with Gasteiger partial charge in [-0.05, 0) is 44.2 Å². The largest absolute Gasteiger partial charge is 0.372 e. The molecule has 9 heteroatoms. The number of hydrogen-bond acceptors (Lipinski definition) is 7. The molecule has 2 N–H and O–H groups in total. The van der Waals surface area contributed by atoms with Crippen LogP contribution in [-0.4, -0.2) is 46.2 Å². The Morgan fingerprint density at radius 3 is 2.65 bits per heavy atom. The first kappa shape index (κ1) is 16.5. The highest BCUT2D eigenvalue weighted by molar-refractivity contribution is 5.99. The number of azo groups is 1. The fourth-order valence-electron chi connectivity index (χ4n) is 2.13. The standard InChI is InChI=1S/C14H20N8O/c1-4-15-13(23)11-9-10(22(5-2)6-3)7-8-12(11)16-17-14-18-20-21-19-14/h7-9H,4-6H2,1-3H3,(H,15,23)(H,18,19,20,21). The number of tetrazole rings is 1. The molecule has 0 radical (unpaired) electrons. The van der Waals surface area contributed by atoms with E-state index in [2.05, 4.69) is 54.9 Å². The number of nitrogens with zero attached hydrogens (tertiary/aromatic N) is 6. The second kappa shape index (κ2) is 7.97. The molecule has 0 bridgehead atoms. The maximum absolute atomic E-state index is 12.3. The molecular formula is C14H20N8O. The molecule has 0 aliphatic heterocycles. The molecule has 1 aromatic heterocycles. The molecule has 0 aliphatic rings. The monoisotopic (exact) mass is 316 g/mol. The van der Waals surface area contributed by atoms with Gasteiger partial charge in [-0.15, -0.1) is 15.3 Å². The van der Waals surface area contributed by atoms with Crippen molar-refractivity contribution in [1.82, 2.24) is 25.9 Å². The minimum atomic E-state index is -0.191. The Bertz CT molecular complexity index is 663. The summed E-state index contributed by atoms with van der Waals surface area (Å²) in [5.74, 6) is -0.0803. The number of carbonyl (C=O) groups excluding carboxylic acids is 1. The van der Waals surface area contributed by atoms with Gasteiger partial charge in [0.1, 0.15) is 0 Å². The molecule has 9 nitrogen and oxygen atoms in total. The molecule has 0 spiro atoms. The lowest BCUT2D eigenvalue weighted by molar-refractivity contribution is 0.0956. The van der Waals surface area contributed by atoms with E-state index in [1.807, 2.05) is 19.1 Å². The molecule has 1 amide bonds. The lowest BCUT2D eigenvalue weighted by Crippen LogP contribution is -2.25. The molecule has 0 aliphatic carbocycles. The molecule has 0 unspecified atom stereocenters. The number of nitrogens with one attached hydrogen (secondary N) is 2. The van der Waals surface area contributed by atoms with Crippen LogP contribution in [0.25, 0.3) is 0 Å². The summed E-state index contributed by atoms with van der Waals surface area (Å²) in [5, 5.41) is 23.8. The predicted molar refractivity (Wildman–Crippen MR) is 86.4 cm³/mol. The van der Waals surface area contributed by atoms with Crippen LogP contribution in [0.1, 0.15) is 31.1 Å². The van der Waals surface area contributed by atoms with Gasteiger partial charge >= 0.3 is 5.95 Å². The number of carbonyl (C=O) groups is 1. The van der Waals surface area contributed by atoms with E-state index >= 15 is 0 Å². The van der Waals surface area contributed by atoms with Crippen LogP contribution in [0.5, 0.6) is 0 Å². The highest BCUT2D eigenvalue weighted by Gasteiger charge is 2.14. The number of hydrogen-bond donors (Lipinski definition) is 2. The van der Waals surface area contributed by atoms with Gasteiger partial charge in [0, 0.05) is 25.3 Å². The number of benzene rings is 1. The maximum atomic E-state index is 12.3. The van der Waals surface area contributed by atoms with Crippen molar-refractivity contribution in [3.05, 3.63) is 23.8 Å². The Labute approximate surface area is 134 Å². The van der Waals surface area contributed by atoms with Crippen LogP contribution < -0.4 is 10.2 Å². The lowest BCUT2D eigenvalue weighted by atomic mass is 10.1. The van der Waals surface area contributed by atoms with Crippen LogP contribution in [0.3, 0.4) is 0 Å². The van der Waals surface area contributed by atoms with Gasteiger partial charge in [0.2, 0.25) is 0 Å². The third-order valence-electron chi connectivity index (χ3n) is 3.27. The zero-order valence-corrected chi connectivity index (χ0v) is 13.4. The van der Waals surface area contributed by atoms with E-state index in [1.165, 1.54) is 0 Å². The van der Waals surface area contributed by atoms with Gasteiger partial charge < -0.3 is 10.2 Å². The summed E-state index contributed by atoms with van der Waals surface area (Å²) in [7, 11) is 0. The van der Waals surface area contributed by atoms with E-state index in [0.717, 1.165) is 18.8 Å². The summed E-state index contributed by atoms with van der Waals surface area (Å²) in [4.78, 5) is 14.5. The molecule has 0 fully saturated rings. The average molecular weight is 316 g/mol. The smallest absolute Gasteiger partial charge is 0.307 e. The van der Waals surface area contributed by atoms with Crippen molar-refractivity contribution in [3.8, 4) is 0 Å². The summed E-state index contributed by atoms with van der Waals surface area (Å²) in [6, 6.07) is 5.50. The molecule has 1 aromatic carbocycles. The Morgan fingerprint density at radius 2 is 2.04 bits per heavy atom. The van der Waals surface area contributed by atoms with E-state index in [0.29, 0.717) is 17.8 Å². The quantitative estimate of drug-likeness (QED) is 0.761. The molecular weight excluding hydrogens is 296 g/mol. The number of anilines is 1. The average Bonchev–Trinajstić information content (AvgIpc) is 3.08. The van der Waals surface area contributed by atoms with Crippen LogP contribution >= 0.6 is 0 Å². The van der Waals surface area contributed by atoms with Crippen LogP contribution in [0.15, 0.2) is 28.4 Å². The summed E-state index contributed by atoms with van der Waals surface area (Å²) in [5.41, 5.74) is 1.88. The van der Waals surface area contributed by atoms with E-state index in [-0.39, 0.29) is 11.9 Å². The molecule has 23 heavy (non-hydrogen) atoms. The third-order valence-corrected chi connectivity index (χ3v) is 3.27. The van der Waals surface area contributed by atoms with Gasteiger partial charge in [-0.1, -0.05) is 5.10 Å². The van der Waals surface area contributed by atoms with Crippen LogP contribution in [0.2, 0.25) is 0 Å².